The molecule has 0 unspecified atom stereocenters. The lowest BCUT2D eigenvalue weighted by atomic mass is 9.99. The molecule has 1 saturated heterocycles. The fraction of sp³-hybridized carbons (Fsp3) is 0.649. The lowest BCUT2D eigenvalue weighted by Crippen LogP contribution is -2.61. The van der Waals surface area contributed by atoms with Crippen LogP contribution >= 0.6 is 0 Å². The second-order valence-corrected chi connectivity index (χ2v) is 14.5. The summed E-state index contributed by atoms with van der Waals surface area (Å²) < 4.78 is 16.3. The van der Waals surface area contributed by atoms with Gasteiger partial charge in [-0.1, -0.05) is 47.6 Å². The molecular formula is C37H57N5O14. The number of hydrogen-bond acceptors (Lipinski definition) is 13. The minimum absolute atomic E-state index is 0.0330. The first-order valence-electron chi connectivity index (χ1n) is 18.6. The topological polar surface area (TPSA) is 302 Å². The number of aliphatic carboxylic acids is 1. The van der Waals surface area contributed by atoms with Gasteiger partial charge in [0.15, 0.2) is 6.10 Å². The van der Waals surface area contributed by atoms with Gasteiger partial charge in [-0.25, -0.2) is 9.59 Å². The van der Waals surface area contributed by atoms with Gasteiger partial charge in [0, 0.05) is 25.3 Å². The van der Waals surface area contributed by atoms with Crippen LogP contribution < -0.4 is 31.7 Å². The number of nitrogens with one attached hydrogen (secondary N) is 4. The van der Waals surface area contributed by atoms with E-state index >= 15 is 0 Å². The number of rotatable bonds is 22. The molecule has 0 aliphatic carbocycles. The monoisotopic (exact) mass is 795 g/mol. The summed E-state index contributed by atoms with van der Waals surface area (Å²) in [6, 6.07) is 0.990. The zero-order valence-corrected chi connectivity index (χ0v) is 32.6. The summed E-state index contributed by atoms with van der Waals surface area (Å²) in [5, 5.41) is 51.0. The van der Waals surface area contributed by atoms with Gasteiger partial charge in [-0.3, -0.25) is 24.0 Å². The Morgan fingerprint density at radius 3 is 2.09 bits per heavy atom. The Balaban J connectivity index is 2.36. The Morgan fingerprint density at radius 1 is 0.839 bits per heavy atom. The number of carboxylic acids is 1. The van der Waals surface area contributed by atoms with Crippen LogP contribution in [0.1, 0.15) is 85.6 Å². The van der Waals surface area contributed by atoms with Crippen molar-refractivity contribution < 1.29 is 68.2 Å². The summed E-state index contributed by atoms with van der Waals surface area (Å²) >= 11 is 0. The Morgan fingerprint density at radius 2 is 1.50 bits per heavy atom. The molecule has 0 saturated carbocycles. The lowest BCUT2D eigenvalue weighted by Gasteiger charge is -2.38. The molecule has 1 aromatic carbocycles. The molecule has 1 fully saturated rings. The summed E-state index contributed by atoms with van der Waals surface area (Å²) in [7, 11) is 0. The third kappa shape index (κ3) is 15.0. The number of nitrogens with two attached hydrogens (primary N) is 1. The number of unbranched alkanes of at least 4 members (excludes halogenated alkanes) is 1. The fourth-order valence-corrected chi connectivity index (χ4v) is 5.37. The minimum Gasteiger partial charge on any atom is -0.479 e. The normalized spacial score (nSPS) is 20.5. The number of aliphatic hydroxyl groups excluding tert-OH is 3. The molecule has 0 bridgehead atoms. The molecule has 10 N–H and O–H groups in total. The van der Waals surface area contributed by atoms with Gasteiger partial charge in [0.1, 0.15) is 48.5 Å². The van der Waals surface area contributed by atoms with E-state index in [1.807, 2.05) is 0 Å². The van der Waals surface area contributed by atoms with Gasteiger partial charge in [0.2, 0.25) is 24.0 Å². The number of aliphatic hydroxyl groups is 3. The summed E-state index contributed by atoms with van der Waals surface area (Å²) in [4.78, 5) is 87.3. The predicted molar refractivity (Wildman–Crippen MR) is 198 cm³/mol. The van der Waals surface area contributed by atoms with Gasteiger partial charge < -0.3 is 61.6 Å². The van der Waals surface area contributed by atoms with Crippen LogP contribution in [0, 0.1) is 17.8 Å². The summed E-state index contributed by atoms with van der Waals surface area (Å²) in [5.74, 6) is -5.19. The van der Waals surface area contributed by atoms with Crippen molar-refractivity contribution in [2.24, 2.45) is 23.5 Å². The average molecular weight is 796 g/mol. The molecule has 1 aliphatic heterocycles. The fourth-order valence-electron chi connectivity index (χ4n) is 5.37. The van der Waals surface area contributed by atoms with E-state index in [4.69, 9.17) is 19.9 Å². The maximum atomic E-state index is 13.9. The maximum absolute atomic E-state index is 13.9. The van der Waals surface area contributed by atoms with Gasteiger partial charge in [-0.05, 0) is 49.3 Å². The van der Waals surface area contributed by atoms with Crippen molar-refractivity contribution in [1.82, 2.24) is 16.0 Å². The Bertz CT molecular complexity index is 1540. The number of urea groups is 1. The molecular weight excluding hydrogens is 738 g/mol. The standard InChI is InChI=1S/C37H57N5O14/c1-18(2)24(43)11-7-8-12-26(44)42-27(19(3)4)33(49)41-23(10-9-15-39-37(38)53)32(48)40-22-14-13-21(17-54-35(52)20(5)6)16-25(22)55-36-30(47)28(45)29(46)31(56-36)34(50)51/h13-14,16,18-20,23,27-31,36,45-47H,7-12,15,17H2,1-6H3,(H,40,48)(H,41,49)(H,42,44)(H,50,51)(H3,38,39,53)/t23-,27-,28-,29-,30+,31-,36+/m0/s1. The number of carbonyl (C=O) groups excluding carboxylic acids is 6. The molecule has 1 aliphatic rings. The highest BCUT2D eigenvalue weighted by Gasteiger charge is 2.48. The molecule has 19 heteroatoms. The van der Waals surface area contributed by atoms with E-state index in [-0.39, 0.29) is 55.6 Å². The number of ether oxygens (including phenoxy) is 3. The summed E-state index contributed by atoms with van der Waals surface area (Å²) in [5.41, 5.74) is 5.41. The van der Waals surface area contributed by atoms with Crippen LogP contribution in [0.25, 0.3) is 0 Å². The van der Waals surface area contributed by atoms with E-state index in [0.29, 0.717) is 24.8 Å². The van der Waals surface area contributed by atoms with Crippen molar-refractivity contribution in [3.8, 4) is 5.75 Å². The zero-order chi connectivity index (χ0) is 42.3. The number of benzene rings is 1. The SMILES string of the molecule is CC(C)C(=O)CCCCC(=O)N[C@H](C(=O)N[C@@H](CCCNC(N)=O)C(=O)Nc1ccc(COC(=O)C(C)C)cc1O[C@@H]1O[C@H](C(=O)O)[C@@H](O)[C@H](O)[C@H]1O)C(C)C. The van der Waals surface area contributed by atoms with Crippen molar-refractivity contribution in [1.29, 1.82) is 0 Å². The van der Waals surface area contributed by atoms with Gasteiger partial charge in [0.05, 0.1) is 11.6 Å². The van der Waals surface area contributed by atoms with Crippen molar-refractivity contribution in [2.75, 3.05) is 11.9 Å². The van der Waals surface area contributed by atoms with E-state index in [9.17, 15) is 54.0 Å². The van der Waals surface area contributed by atoms with E-state index in [0.717, 1.165) is 0 Å². The van der Waals surface area contributed by atoms with Crippen LogP contribution in [-0.2, 0) is 44.8 Å². The molecule has 2 rings (SSSR count). The number of primary amides is 1. The molecule has 56 heavy (non-hydrogen) atoms. The number of ketones is 1. The maximum Gasteiger partial charge on any atom is 0.335 e. The van der Waals surface area contributed by atoms with Crippen molar-refractivity contribution in [3.05, 3.63) is 23.8 Å². The number of Topliss-reactive ketones (excluding diaryl/α,β-unsaturated/α-hetero) is 1. The van der Waals surface area contributed by atoms with Gasteiger partial charge in [-0.2, -0.15) is 0 Å². The highest BCUT2D eigenvalue weighted by atomic mass is 16.7. The van der Waals surface area contributed by atoms with Crippen LogP contribution in [0.15, 0.2) is 18.2 Å². The smallest absolute Gasteiger partial charge is 0.335 e. The summed E-state index contributed by atoms with van der Waals surface area (Å²) in [6.45, 7) is 10.1. The zero-order valence-electron chi connectivity index (χ0n) is 32.6. The Hall–Kier alpha value is -4.85. The molecule has 1 heterocycles. The third-order valence-corrected chi connectivity index (χ3v) is 8.80. The quantitative estimate of drug-likeness (QED) is 0.0569. The number of esters is 1. The number of hydrogen-bond donors (Lipinski definition) is 9. The first-order valence-corrected chi connectivity index (χ1v) is 18.6. The molecule has 7 atom stereocenters. The number of anilines is 1. The average Bonchev–Trinajstić information content (AvgIpc) is 3.12. The first-order chi connectivity index (χ1) is 26.2. The van der Waals surface area contributed by atoms with E-state index in [2.05, 4.69) is 21.3 Å². The van der Waals surface area contributed by atoms with Crippen molar-refractivity contribution >= 4 is 47.2 Å². The second-order valence-electron chi connectivity index (χ2n) is 14.5. The van der Waals surface area contributed by atoms with E-state index < -0.39 is 90.3 Å². The van der Waals surface area contributed by atoms with E-state index in [1.165, 1.54) is 18.2 Å². The van der Waals surface area contributed by atoms with Crippen LogP contribution in [-0.4, -0.2) is 111 Å². The van der Waals surface area contributed by atoms with Crippen LogP contribution in [0.5, 0.6) is 5.75 Å². The van der Waals surface area contributed by atoms with Crippen LogP contribution in [0.3, 0.4) is 0 Å². The summed E-state index contributed by atoms with van der Waals surface area (Å²) in [6.07, 6.45) is -8.35. The molecule has 314 valence electrons. The number of carbonyl (C=O) groups is 7. The second kappa shape index (κ2) is 22.6. The predicted octanol–water partition coefficient (Wildman–Crippen LogP) is 0.455. The van der Waals surface area contributed by atoms with Crippen LogP contribution in [0.4, 0.5) is 10.5 Å². The highest BCUT2D eigenvalue weighted by molar-refractivity contribution is 5.99. The van der Waals surface area contributed by atoms with Crippen molar-refractivity contribution in [2.45, 2.75) is 129 Å². The lowest BCUT2D eigenvalue weighted by molar-refractivity contribution is -0.271. The highest BCUT2D eigenvalue weighted by Crippen LogP contribution is 2.31. The molecule has 0 spiro atoms. The van der Waals surface area contributed by atoms with Gasteiger partial charge in [-0.15, -0.1) is 0 Å². The number of amides is 5. The first kappa shape index (κ1) is 47.3. The van der Waals surface area contributed by atoms with Gasteiger partial charge in [0.25, 0.3) is 0 Å². The molecule has 1 aromatic rings. The Kier molecular flexibility index (Phi) is 19.1. The third-order valence-electron chi connectivity index (χ3n) is 8.80. The van der Waals surface area contributed by atoms with Crippen molar-refractivity contribution in [3.63, 3.8) is 0 Å². The minimum atomic E-state index is -2.00. The largest absolute Gasteiger partial charge is 0.479 e. The molecule has 19 nitrogen and oxygen atoms in total. The van der Waals surface area contributed by atoms with E-state index in [1.54, 1.807) is 41.5 Å². The number of carboxylic acid groups (broad SMARTS) is 1. The van der Waals surface area contributed by atoms with Gasteiger partial charge >= 0.3 is 18.0 Å². The molecule has 0 radical (unpaired) electrons. The molecule has 0 aromatic heterocycles. The van der Waals surface area contributed by atoms with Crippen LogP contribution in [0.2, 0.25) is 0 Å². The molecule has 5 amide bonds. The Labute approximate surface area is 325 Å².